The van der Waals surface area contributed by atoms with Gasteiger partial charge in [0, 0.05) is 44.3 Å². The van der Waals surface area contributed by atoms with E-state index in [4.69, 9.17) is 5.11 Å². The van der Waals surface area contributed by atoms with Crippen LogP contribution in [-0.4, -0.2) is 30.2 Å². The van der Waals surface area contributed by atoms with Gasteiger partial charge in [0.1, 0.15) is 0 Å². The number of carboxylic acid groups (broad SMARTS) is 1. The number of aromatic nitrogens is 1. The minimum absolute atomic E-state index is 0.650. The Morgan fingerprint density at radius 2 is 1.47 bits per heavy atom. The lowest BCUT2D eigenvalue weighted by molar-refractivity contribution is -0.131. The highest BCUT2D eigenvalue weighted by Crippen LogP contribution is 2.29. The maximum Gasteiger partial charge on any atom is 0.328 e. The van der Waals surface area contributed by atoms with Crippen molar-refractivity contribution < 1.29 is 9.90 Å². The number of para-hydroxylation sites is 1. The Bertz CT molecular complexity index is 1270. The molecule has 0 aliphatic rings. The number of carboxylic acids is 1. The van der Waals surface area contributed by atoms with Gasteiger partial charge in [0.15, 0.2) is 0 Å². The highest BCUT2D eigenvalue weighted by atomic mass is 16.4. The molecule has 1 aromatic heterocycles. The van der Waals surface area contributed by atoms with Crippen molar-refractivity contribution in [3.63, 3.8) is 0 Å². The summed E-state index contributed by atoms with van der Waals surface area (Å²) < 4.78 is 0. The van der Waals surface area contributed by atoms with Gasteiger partial charge in [0.25, 0.3) is 0 Å². The summed E-state index contributed by atoms with van der Waals surface area (Å²) in [5, 5.41) is 8.95. The summed E-state index contributed by atoms with van der Waals surface area (Å²) in [6, 6.07) is 29.2. The first-order valence-corrected chi connectivity index (χ1v) is 11.0. The molecule has 1 N–H and O–H groups in total. The molecule has 0 bridgehead atoms. The second-order valence-electron chi connectivity index (χ2n) is 8.21. The molecule has 5 nitrogen and oxygen atoms in total. The summed E-state index contributed by atoms with van der Waals surface area (Å²) >= 11 is 0. The van der Waals surface area contributed by atoms with Crippen LogP contribution in [-0.2, 0) is 11.3 Å². The van der Waals surface area contributed by atoms with Gasteiger partial charge in [-0.2, -0.15) is 0 Å². The largest absolute Gasteiger partial charge is 0.478 e. The number of benzene rings is 3. The second kappa shape index (κ2) is 10.5. The van der Waals surface area contributed by atoms with E-state index in [0.29, 0.717) is 6.54 Å². The molecule has 4 rings (SSSR count). The van der Waals surface area contributed by atoms with E-state index in [9.17, 15) is 4.79 Å². The van der Waals surface area contributed by atoms with Gasteiger partial charge in [0.2, 0.25) is 0 Å². The molecule has 0 aliphatic heterocycles. The standard InChI is InChI=1S/C29H27N3O2/c1-31(2)26-15-13-25(14-16-26)24-11-8-22(9-12-24)21-32(27-6-4-3-5-7-27)28-18-23(19-30-20-28)10-17-29(33)34/h3-20H,21H2,1-2H3,(H,33,34)/b17-10+. The molecule has 0 radical (unpaired) electrons. The molecular weight excluding hydrogens is 422 g/mol. The number of hydrogen-bond donors (Lipinski definition) is 1. The summed E-state index contributed by atoms with van der Waals surface area (Å²) in [5.74, 6) is -0.984. The van der Waals surface area contributed by atoms with Gasteiger partial charge in [-0.25, -0.2) is 4.79 Å². The summed E-state index contributed by atoms with van der Waals surface area (Å²) in [7, 11) is 4.08. The third-order valence-corrected chi connectivity index (χ3v) is 5.55. The molecule has 34 heavy (non-hydrogen) atoms. The van der Waals surface area contributed by atoms with E-state index >= 15 is 0 Å². The number of hydrogen-bond acceptors (Lipinski definition) is 4. The van der Waals surface area contributed by atoms with Crippen molar-refractivity contribution in [3.05, 3.63) is 115 Å². The first-order chi connectivity index (χ1) is 16.5. The Labute approximate surface area is 200 Å². The van der Waals surface area contributed by atoms with E-state index in [1.807, 2.05) is 38.4 Å². The third-order valence-electron chi connectivity index (χ3n) is 5.55. The van der Waals surface area contributed by atoms with Gasteiger partial charge in [-0.05, 0) is 58.7 Å². The SMILES string of the molecule is CN(C)c1ccc(-c2ccc(CN(c3ccccc3)c3cncc(/C=C/C(=O)O)c3)cc2)cc1. The van der Waals surface area contributed by atoms with Crippen LogP contribution >= 0.6 is 0 Å². The molecular formula is C29H27N3O2. The molecule has 0 spiro atoms. The molecule has 0 atom stereocenters. The predicted molar refractivity (Wildman–Crippen MR) is 139 cm³/mol. The van der Waals surface area contributed by atoms with Gasteiger partial charge >= 0.3 is 5.97 Å². The first kappa shape index (κ1) is 22.8. The van der Waals surface area contributed by atoms with Crippen molar-refractivity contribution in [2.75, 3.05) is 23.9 Å². The zero-order valence-corrected chi connectivity index (χ0v) is 19.3. The molecule has 170 valence electrons. The van der Waals surface area contributed by atoms with E-state index in [0.717, 1.165) is 28.6 Å². The monoisotopic (exact) mass is 449 g/mol. The fourth-order valence-corrected chi connectivity index (χ4v) is 3.73. The van der Waals surface area contributed by atoms with Crippen LogP contribution in [0.25, 0.3) is 17.2 Å². The molecule has 0 saturated carbocycles. The Kier molecular flexibility index (Phi) is 7.04. The number of aliphatic carboxylic acids is 1. The summed E-state index contributed by atoms with van der Waals surface area (Å²) in [6.45, 7) is 0.650. The fourth-order valence-electron chi connectivity index (χ4n) is 3.73. The lowest BCUT2D eigenvalue weighted by Gasteiger charge is -2.25. The smallest absolute Gasteiger partial charge is 0.328 e. The number of pyridine rings is 1. The Morgan fingerprint density at radius 1 is 0.824 bits per heavy atom. The first-order valence-electron chi connectivity index (χ1n) is 11.0. The van der Waals surface area contributed by atoms with E-state index in [2.05, 4.69) is 75.4 Å². The van der Waals surface area contributed by atoms with E-state index in [1.165, 1.54) is 16.8 Å². The van der Waals surface area contributed by atoms with Crippen molar-refractivity contribution >= 4 is 29.1 Å². The van der Waals surface area contributed by atoms with Crippen LogP contribution in [0, 0.1) is 0 Å². The highest BCUT2D eigenvalue weighted by molar-refractivity contribution is 5.85. The van der Waals surface area contributed by atoms with Crippen LogP contribution in [0.15, 0.2) is 103 Å². The van der Waals surface area contributed by atoms with Gasteiger partial charge in [-0.1, -0.05) is 54.6 Å². The second-order valence-corrected chi connectivity index (χ2v) is 8.21. The third kappa shape index (κ3) is 5.70. The van der Waals surface area contributed by atoms with Crippen LogP contribution in [0.5, 0.6) is 0 Å². The van der Waals surface area contributed by atoms with Crippen molar-refractivity contribution in [3.8, 4) is 11.1 Å². The number of rotatable bonds is 8. The molecule has 5 heteroatoms. The van der Waals surface area contributed by atoms with Crippen molar-refractivity contribution in [2.45, 2.75) is 6.54 Å². The molecule has 0 fully saturated rings. The highest BCUT2D eigenvalue weighted by Gasteiger charge is 2.11. The van der Waals surface area contributed by atoms with E-state index in [1.54, 1.807) is 18.5 Å². The summed E-state index contributed by atoms with van der Waals surface area (Å²) in [5.41, 5.74) is 7.34. The molecule has 0 aliphatic carbocycles. The zero-order valence-electron chi connectivity index (χ0n) is 19.3. The van der Waals surface area contributed by atoms with Gasteiger partial charge in [-0.3, -0.25) is 4.98 Å². The summed E-state index contributed by atoms with van der Waals surface area (Å²) in [4.78, 5) is 19.5. The van der Waals surface area contributed by atoms with Gasteiger partial charge < -0.3 is 14.9 Å². The topological polar surface area (TPSA) is 56.7 Å². The lowest BCUT2D eigenvalue weighted by atomic mass is 10.0. The Morgan fingerprint density at radius 3 is 2.09 bits per heavy atom. The summed E-state index contributed by atoms with van der Waals surface area (Å²) in [6.07, 6.45) is 6.13. The Balaban J connectivity index is 1.60. The van der Waals surface area contributed by atoms with Gasteiger partial charge in [0.05, 0.1) is 11.9 Å². The maximum absolute atomic E-state index is 10.9. The average molecular weight is 450 g/mol. The molecule has 0 unspecified atom stereocenters. The van der Waals surface area contributed by atoms with Crippen molar-refractivity contribution in [1.29, 1.82) is 0 Å². The Hall–Kier alpha value is -4.38. The zero-order chi connectivity index (χ0) is 23.9. The number of nitrogens with zero attached hydrogens (tertiary/aromatic N) is 3. The molecule has 0 saturated heterocycles. The predicted octanol–water partition coefficient (Wildman–Crippen LogP) is 6.25. The van der Waals surface area contributed by atoms with Crippen LogP contribution in [0.4, 0.5) is 17.1 Å². The molecule has 4 aromatic rings. The molecule has 1 heterocycles. The lowest BCUT2D eigenvalue weighted by Crippen LogP contribution is -2.16. The maximum atomic E-state index is 10.9. The van der Waals surface area contributed by atoms with Crippen LogP contribution < -0.4 is 9.80 Å². The number of anilines is 3. The van der Waals surface area contributed by atoms with Crippen LogP contribution in [0.2, 0.25) is 0 Å². The average Bonchev–Trinajstić information content (AvgIpc) is 2.87. The van der Waals surface area contributed by atoms with Crippen LogP contribution in [0.3, 0.4) is 0 Å². The van der Waals surface area contributed by atoms with E-state index < -0.39 is 5.97 Å². The van der Waals surface area contributed by atoms with Crippen molar-refractivity contribution in [2.24, 2.45) is 0 Å². The quantitative estimate of drug-likeness (QED) is 0.322. The normalized spacial score (nSPS) is 10.9. The number of carbonyl (C=O) groups is 1. The van der Waals surface area contributed by atoms with Crippen LogP contribution in [0.1, 0.15) is 11.1 Å². The minimum atomic E-state index is -0.984. The van der Waals surface area contributed by atoms with Crippen molar-refractivity contribution in [1.82, 2.24) is 4.98 Å². The minimum Gasteiger partial charge on any atom is -0.478 e. The molecule has 0 amide bonds. The molecule has 3 aromatic carbocycles. The van der Waals surface area contributed by atoms with E-state index in [-0.39, 0.29) is 0 Å². The van der Waals surface area contributed by atoms with Gasteiger partial charge in [-0.15, -0.1) is 0 Å². The fraction of sp³-hybridized carbons (Fsp3) is 0.103.